The number of anilines is 1. The number of carbonyl (C=O) groups is 1. The Kier molecular flexibility index (Phi) is 8.25. The van der Waals surface area contributed by atoms with Crippen molar-refractivity contribution in [2.45, 2.75) is 30.7 Å². The van der Waals surface area contributed by atoms with E-state index >= 15 is 0 Å². The van der Waals surface area contributed by atoms with Crippen molar-refractivity contribution in [3.63, 3.8) is 0 Å². The summed E-state index contributed by atoms with van der Waals surface area (Å²) in [5.74, 6) is -0.550. The Bertz CT molecular complexity index is 1510. The van der Waals surface area contributed by atoms with Gasteiger partial charge in [-0.3, -0.25) is 4.79 Å². The van der Waals surface area contributed by atoms with E-state index in [4.69, 9.17) is 10.9 Å². The van der Waals surface area contributed by atoms with Crippen LogP contribution >= 0.6 is 0 Å². The van der Waals surface area contributed by atoms with Crippen LogP contribution in [0, 0.1) is 0 Å². The number of nitrogens with two attached hydrogens (primary N) is 1. The van der Waals surface area contributed by atoms with Crippen LogP contribution in [0.15, 0.2) is 81.5 Å². The molecule has 198 valence electrons. The summed E-state index contributed by atoms with van der Waals surface area (Å²) in [5, 5.41) is 15.0. The van der Waals surface area contributed by atoms with Gasteiger partial charge in [0.05, 0.1) is 16.8 Å². The molecule has 1 aliphatic rings. The van der Waals surface area contributed by atoms with Crippen LogP contribution in [-0.2, 0) is 24.7 Å². The maximum Gasteiger partial charge on any atom is 0.243 e. The van der Waals surface area contributed by atoms with Gasteiger partial charge in [0.1, 0.15) is 11.8 Å². The Morgan fingerprint density at radius 1 is 1.11 bits per heavy atom. The molecule has 0 heterocycles. The third kappa shape index (κ3) is 6.45. The first kappa shape index (κ1) is 28.1. The van der Waals surface area contributed by atoms with E-state index in [0.29, 0.717) is 33.7 Å². The predicted molar refractivity (Wildman–Crippen MR) is 143 cm³/mol. The second kappa shape index (κ2) is 10.9. The van der Waals surface area contributed by atoms with E-state index in [0.717, 1.165) is 16.8 Å². The molecular weight excluding hydrogens is 516 g/mol. The van der Waals surface area contributed by atoms with E-state index in [2.05, 4.69) is 10.5 Å². The first-order valence-electron chi connectivity index (χ1n) is 11.2. The average molecular weight is 547 g/mol. The van der Waals surface area contributed by atoms with E-state index in [9.17, 15) is 21.6 Å². The van der Waals surface area contributed by atoms with Crippen LogP contribution in [0.5, 0.6) is 0 Å². The first-order chi connectivity index (χ1) is 17.2. The lowest BCUT2D eigenvalue weighted by Crippen LogP contribution is -2.45. The number of carbonyl (C=O) groups excluding carboxylic acids is 1. The molecule has 0 saturated carbocycles. The van der Waals surface area contributed by atoms with Gasteiger partial charge in [-0.15, -0.1) is 0 Å². The monoisotopic (exact) mass is 546 g/mol. The third-order valence-corrected chi connectivity index (χ3v) is 8.74. The van der Waals surface area contributed by atoms with Crippen LogP contribution in [0.4, 0.5) is 5.69 Å². The van der Waals surface area contributed by atoms with Gasteiger partial charge < -0.3 is 16.3 Å². The molecule has 3 rings (SSSR count). The molecule has 0 saturated heterocycles. The summed E-state index contributed by atoms with van der Waals surface area (Å²) in [4.78, 5) is 13.5. The van der Waals surface area contributed by atoms with E-state index in [-0.39, 0.29) is 23.4 Å². The number of sulfonamides is 1. The molecule has 0 fully saturated rings. The fourth-order valence-corrected chi connectivity index (χ4v) is 5.56. The Balaban J connectivity index is 1.88. The highest BCUT2D eigenvalue weighted by atomic mass is 32.2. The number of nitrogens with one attached hydrogen (secondary N) is 1. The fourth-order valence-electron chi connectivity index (χ4n) is 4.02. The first-order valence-corrected chi connectivity index (χ1v) is 15.0. The average Bonchev–Trinajstić information content (AvgIpc) is 2.84. The molecule has 1 atom stereocenters. The smallest absolute Gasteiger partial charge is 0.243 e. The highest BCUT2D eigenvalue weighted by molar-refractivity contribution is 7.90. The van der Waals surface area contributed by atoms with Gasteiger partial charge in [0.15, 0.2) is 9.84 Å². The summed E-state index contributed by atoms with van der Waals surface area (Å²) >= 11 is 0. The number of oxime groups is 1. The minimum absolute atomic E-state index is 0.0560. The Hall–Kier alpha value is -3.48. The molecule has 0 bridgehead atoms. The number of rotatable bonds is 8. The molecule has 2 aromatic carbocycles. The second-order valence-electron chi connectivity index (χ2n) is 8.85. The van der Waals surface area contributed by atoms with E-state index in [1.807, 2.05) is 0 Å². The normalized spacial score (nSPS) is 16.6. The number of likely N-dealkylation sites (N-methyl/N-ethyl adjacent to an activating group) is 1. The van der Waals surface area contributed by atoms with Crippen molar-refractivity contribution in [2.75, 3.05) is 24.9 Å². The molecule has 1 amide bonds. The Morgan fingerprint density at radius 2 is 1.73 bits per heavy atom. The molecule has 12 heteroatoms. The minimum atomic E-state index is -3.72. The van der Waals surface area contributed by atoms with Gasteiger partial charge in [0.2, 0.25) is 15.9 Å². The molecule has 10 nitrogen and oxygen atoms in total. The Morgan fingerprint density at radius 3 is 2.30 bits per heavy atom. The number of hydrogen-bond acceptors (Lipinski definition) is 8. The maximum atomic E-state index is 13.3. The molecular formula is C25H30N4O6S2. The maximum absolute atomic E-state index is 13.3. The number of hydrogen-bond donors (Lipinski definition) is 3. The number of nitrogens with zero attached hydrogens (tertiary/aromatic N) is 2. The predicted octanol–water partition coefficient (Wildman–Crippen LogP) is 2.74. The third-order valence-electron chi connectivity index (χ3n) is 6.29. The highest BCUT2D eigenvalue weighted by Gasteiger charge is 2.31. The van der Waals surface area contributed by atoms with Gasteiger partial charge in [-0.05, 0) is 48.3 Å². The summed E-state index contributed by atoms with van der Waals surface area (Å²) in [6, 6.07) is 12.2. The summed E-state index contributed by atoms with van der Waals surface area (Å²) in [7, 11) is -5.83. The van der Waals surface area contributed by atoms with Crippen LogP contribution in [-0.4, -0.2) is 63.6 Å². The van der Waals surface area contributed by atoms with Crippen molar-refractivity contribution in [3.05, 3.63) is 71.5 Å². The molecule has 0 unspecified atom stereocenters. The van der Waals surface area contributed by atoms with Crippen molar-refractivity contribution < 1.29 is 26.8 Å². The summed E-state index contributed by atoms with van der Waals surface area (Å²) < 4.78 is 49.9. The zero-order chi connectivity index (χ0) is 27.5. The number of amides is 1. The van der Waals surface area contributed by atoms with Gasteiger partial charge in [-0.1, -0.05) is 41.6 Å². The Labute approximate surface area is 217 Å². The molecule has 37 heavy (non-hydrogen) atoms. The van der Waals surface area contributed by atoms with Crippen molar-refractivity contribution in [1.29, 1.82) is 0 Å². The van der Waals surface area contributed by atoms with Gasteiger partial charge >= 0.3 is 0 Å². The van der Waals surface area contributed by atoms with Crippen molar-refractivity contribution in [1.82, 2.24) is 4.31 Å². The number of allylic oxidation sites excluding steroid dienone is 3. The zero-order valence-electron chi connectivity index (χ0n) is 21.0. The van der Waals surface area contributed by atoms with Crippen molar-refractivity contribution >= 4 is 37.2 Å². The molecule has 4 N–H and O–H groups in total. The molecule has 0 aromatic heterocycles. The largest absolute Gasteiger partial charge is 0.411 e. The van der Waals surface area contributed by atoms with Crippen LogP contribution in [0.2, 0.25) is 0 Å². The van der Waals surface area contributed by atoms with Gasteiger partial charge in [0, 0.05) is 31.0 Å². The number of sulfone groups is 1. The van der Waals surface area contributed by atoms with Crippen molar-refractivity contribution in [2.24, 2.45) is 10.9 Å². The molecule has 1 aliphatic carbocycles. The van der Waals surface area contributed by atoms with Crippen LogP contribution in [0.25, 0.3) is 11.1 Å². The fraction of sp³-hybridized carbons (Fsp3) is 0.280. The molecule has 0 spiro atoms. The topological polar surface area (TPSA) is 159 Å². The van der Waals surface area contributed by atoms with Gasteiger partial charge in [0.25, 0.3) is 0 Å². The highest BCUT2D eigenvalue weighted by Crippen LogP contribution is 2.29. The van der Waals surface area contributed by atoms with Crippen molar-refractivity contribution in [3.8, 4) is 11.1 Å². The number of benzene rings is 2. The summed E-state index contributed by atoms with van der Waals surface area (Å²) in [5.41, 5.74) is 9.50. The van der Waals surface area contributed by atoms with Gasteiger partial charge in [-0.2, -0.15) is 4.31 Å². The van der Waals surface area contributed by atoms with E-state index in [1.54, 1.807) is 55.5 Å². The lowest BCUT2D eigenvalue weighted by molar-refractivity contribution is -0.119. The van der Waals surface area contributed by atoms with E-state index < -0.39 is 31.8 Å². The zero-order valence-corrected chi connectivity index (χ0v) is 22.6. The minimum Gasteiger partial charge on any atom is -0.411 e. The van der Waals surface area contributed by atoms with Gasteiger partial charge in [-0.25, -0.2) is 16.8 Å². The lowest BCUT2D eigenvalue weighted by Gasteiger charge is -2.28. The quantitative estimate of drug-likeness (QED) is 0.339. The second-order valence-corrected chi connectivity index (χ2v) is 12.9. The van der Waals surface area contributed by atoms with E-state index in [1.165, 1.54) is 13.1 Å². The lowest BCUT2D eigenvalue weighted by atomic mass is 9.90. The molecule has 0 radical (unpaired) electrons. The summed E-state index contributed by atoms with van der Waals surface area (Å²) in [6.07, 6.45) is 4.22. The summed E-state index contributed by atoms with van der Waals surface area (Å²) in [6.45, 7) is 1.72. The molecule has 0 aliphatic heterocycles. The SMILES string of the molecule is CC1=C(N)C(=NO)CC=C1C[C@@H](C(=O)Nc1ccc(-c2ccccc2S(C)(=O)=O)cc1)N(C)S(C)(=O)=O. The van der Waals surface area contributed by atoms with Crippen LogP contribution < -0.4 is 11.1 Å². The molecule has 2 aromatic rings. The van der Waals surface area contributed by atoms with Crippen LogP contribution in [0.3, 0.4) is 0 Å². The van der Waals surface area contributed by atoms with Crippen LogP contribution in [0.1, 0.15) is 19.8 Å². The standard InChI is InChI=1S/C25H30N4O6S2/c1-16-18(11-14-21(28-31)24(16)26)15-22(29(2)37(4,34)35)25(30)27-19-12-9-17(10-13-19)20-7-5-6-8-23(20)36(3,32)33/h5-13,22,31H,14-15,26H2,1-4H3,(H,27,30)/t22-/m0/s1.